The summed E-state index contributed by atoms with van der Waals surface area (Å²) in [5.74, 6) is -4.49. The molecule has 0 fully saturated rings. The normalized spacial score (nSPS) is 20.8. The molecular weight excluding hydrogens is 326 g/mol. The molecule has 0 spiro atoms. The predicted molar refractivity (Wildman–Crippen MR) is 81.3 cm³/mol. The summed E-state index contributed by atoms with van der Waals surface area (Å²) in [4.78, 5) is 12.2. The predicted octanol–water partition coefficient (Wildman–Crippen LogP) is 3.79. The number of rotatable bonds is 2. The molecule has 0 aromatic heterocycles. The largest absolute Gasteiger partial charge is 0.425 e. The second kappa shape index (κ2) is 5.44. The van der Waals surface area contributed by atoms with Gasteiger partial charge >= 0.3 is 5.97 Å². The van der Waals surface area contributed by atoms with Gasteiger partial charge in [-0.15, -0.1) is 0 Å². The van der Waals surface area contributed by atoms with Crippen LogP contribution in [-0.2, 0) is 9.53 Å². The van der Waals surface area contributed by atoms with Crippen LogP contribution in [0.4, 0.5) is 8.78 Å². The van der Waals surface area contributed by atoms with Crippen molar-refractivity contribution in [3.8, 4) is 0 Å². The zero-order valence-electron chi connectivity index (χ0n) is 11.9. The summed E-state index contributed by atoms with van der Waals surface area (Å²) in [6.07, 6.45) is 0. The Morgan fingerprint density at radius 2 is 1.78 bits per heavy atom. The number of esters is 1. The van der Waals surface area contributed by atoms with Gasteiger partial charge in [-0.05, 0) is 29.8 Å². The Bertz CT molecular complexity index is 826. The molecule has 1 unspecified atom stereocenters. The molecule has 1 atom stereocenters. The smallest absolute Gasteiger partial charge is 0.342 e. The maximum Gasteiger partial charge on any atom is 0.342 e. The Morgan fingerprint density at radius 3 is 2.39 bits per heavy atom. The summed E-state index contributed by atoms with van der Waals surface area (Å²) in [6, 6.07) is 9.14. The van der Waals surface area contributed by atoms with E-state index in [1.807, 2.05) is 0 Å². The van der Waals surface area contributed by atoms with Crippen LogP contribution in [0.15, 0.2) is 42.5 Å². The summed E-state index contributed by atoms with van der Waals surface area (Å²) in [7, 11) is 0. The van der Waals surface area contributed by atoms with Gasteiger partial charge < -0.3 is 9.84 Å². The van der Waals surface area contributed by atoms with Gasteiger partial charge in [0.2, 0.25) is 5.79 Å². The molecule has 6 heteroatoms. The van der Waals surface area contributed by atoms with Crippen molar-refractivity contribution in [2.75, 3.05) is 0 Å². The van der Waals surface area contributed by atoms with Crippen LogP contribution < -0.4 is 0 Å². The van der Waals surface area contributed by atoms with Crippen molar-refractivity contribution in [1.82, 2.24) is 0 Å². The topological polar surface area (TPSA) is 46.5 Å². The van der Waals surface area contributed by atoms with Crippen LogP contribution in [0.25, 0.3) is 11.1 Å². The zero-order valence-corrected chi connectivity index (χ0v) is 12.7. The van der Waals surface area contributed by atoms with Gasteiger partial charge in [-0.1, -0.05) is 23.7 Å². The van der Waals surface area contributed by atoms with Gasteiger partial charge in [0.15, 0.2) is 0 Å². The molecular formula is C17H11ClF2O3. The van der Waals surface area contributed by atoms with Gasteiger partial charge in [0.1, 0.15) is 11.6 Å². The average molecular weight is 337 g/mol. The molecule has 118 valence electrons. The number of aliphatic hydroxyl groups is 1. The number of hydrogen-bond donors (Lipinski definition) is 1. The fraction of sp³-hybridized carbons (Fsp3) is 0.118. The Hall–Kier alpha value is -2.24. The minimum atomic E-state index is -1.93. The molecule has 0 amide bonds. The van der Waals surface area contributed by atoms with Crippen molar-refractivity contribution in [3.05, 3.63) is 70.2 Å². The van der Waals surface area contributed by atoms with Crippen LogP contribution >= 0.6 is 11.6 Å². The lowest BCUT2D eigenvalue weighted by Gasteiger charge is -2.20. The monoisotopic (exact) mass is 336 g/mol. The van der Waals surface area contributed by atoms with Gasteiger partial charge in [-0.3, -0.25) is 0 Å². The molecule has 0 saturated heterocycles. The molecule has 0 radical (unpaired) electrons. The van der Waals surface area contributed by atoms with Gasteiger partial charge in [0.25, 0.3) is 0 Å². The van der Waals surface area contributed by atoms with E-state index in [0.717, 1.165) is 12.1 Å². The molecule has 0 bridgehead atoms. The molecule has 2 aromatic carbocycles. The highest BCUT2D eigenvalue weighted by molar-refractivity contribution is 6.31. The summed E-state index contributed by atoms with van der Waals surface area (Å²) < 4.78 is 32.2. The second-order valence-corrected chi connectivity index (χ2v) is 5.69. The minimum Gasteiger partial charge on any atom is -0.425 e. The zero-order chi connectivity index (χ0) is 16.8. The lowest BCUT2D eigenvalue weighted by molar-refractivity contribution is -0.169. The fourth-order valence-corrected chi connectivity index (χ4v) is 2.71. The standard InChI is InChI=1S/C17H11ClF2O3/c1-17(22)15(9-2-4-10(18)5-3-9)14(16(21)23-17)12-7-6-11(19)8-13(12)20/h2-8,22H,1H3. The quantitative estimate of drug-likeness (QED) is 0.849. The highest BCUT2D eigenvalue weighted by Crippen LogP contribution is 2.43. The van der Waals surface area contributed by atoms with E-state index in [1.165, 1.54) is 6.92 Å². The number of hydrogen-bond acceptors (Lipinski definition) is 3. The lowest BCUT2D eigenvalue weighted by Crippen LogP contribution is -2.26. The Balaban J connectivity index is 2.28. The Kier molecular flexibility index (Phi) is 3.70. The van der Waals surface area contributed by atoms with E-state index in [0.29, 0.717) is 16.7 Å². The third-order valence-corrected chi connectivity index (χ3v) is 3.79. The molecule has 3 nitrogen and oxygen atoms in total. The van der Waals surface area contributed by atoms with Crippen LogP contribution in [0.2, 0.25) is 5.02 Å². The first-order chi connectivity index (χ1) is 10.8. The molecule has 0 saturated carbocycles. The SMILES string of the molecule is CC1(O)OC(=O)C(c2ccc(F)cc2F)=C1c1ccc(Cl)cc1. The maximum atomic E-state index is 14.1. The van der Waals surface area contributed by atoms with Crippen molar-refractivity contribution < 1.29 is 23.4 Å². The first-order valence-electron chi connectivity index (χ1n) is 6.71. The fourth-order valence-electron chi connectivity index (χ4n) is 2.58. The molecule has 0 aliphatic carbocycles. The summed E-state index contributed by atoms with van der Waals surface area (Å²) in [5.41, 5.74) is 0.266. The number of benzene rings is 2. The lowest BCUT2D eigenvalue weighted by atomic mass is 9.91. The van der Waals surface area contributed by atoms with Crippen LogP contribution in [0.5, 0.6) is 0 Å². The number of halogens is 3. The average Bonchev–Trinajstić information content (AvgIpc) is 2.69. The van der Waals surface area contributed by atoms with Gasteiger partial charge in [0.05, 0.1) is 5.57 Å². The summed E-state index contributed by atoms with van der Waals surface area (Å²) >= 11 is 5.84. The van der Waals surface area contributed by atoms with Crippen LogP contribution in [0, 0.1) is 11.6 Å². The third kappa shape index (κ3) is 2.73. The summed E-state index contributed by atoms with van der Waals surface area (Å²) in [5, 5.41) is 10.9. The Morgan fingerprint density at radius 1 is 1.13 bits per heavy atom. The van der Waals surface area contributed by atoms with E-state index in [9.17, 15) is 18.7 Å². The number of carbonyl (C=O) groups is 1. The molecule has 1 heterocycles. The van der Waals surface area contributed by atoms with Crippen LogP contribution in [0.1, 0.15) is 18.1 Å². The van der Waals surface area contributed by atoms with Crippen molar-refractivity contribution in [3.63, 3.8) is 0 Å². The minimum absolute atomic E-state index is 0.102. The van der Waals surface area contributed by atoms with Crippen molar-refractivity contribution in [1.29, 1.82) is 0 Å². The molecule has 23 heavy (non-hydrogen) atoms. The van der Waals surface area contributed by atoms with Crippen molar-refractivity contribution in [2.45, 2.75) is 12.7 Å². The van der Waals surface area contributed by atoms with Gasteiger partial charge in [-0.25, -0.2) is 13.6 Å². The number of carbonyl (C=O) groups excluding carboxylic acids is 1. The number of cyclic esters (lactones) is 1. The van der Waals surface area contributed by atoms with Crippen molar-refractivity contribution >= 4 is 28.7 Å². The van der Waals surface area contributed by atoms with Gasteiger partial charge in [-0.2, -0.15) is 0 Å². The Labute approximate surface area is 135 Å². The van der Waals surface area contributed by atoms with Gasteiger partial charge in [0, 0.05) is 29.1 Å². The van der Waals surface area contributed by atoms with E-state index in [4.69, 9.17) is 16.3 Å². The van der Waals surface area contributed by atoms with E-state index in [2.05, 4.69) is 0 Å². The summed E-state index contributed by atoms with van der Waals surface area (Å²) in [6.45, 7) is 1.28. The second-order valence-electron chi connectivity index (χ2n) is 5.25. The first kappa shape index (κ1) is 15.6. The first-order valence-corrected chi connectivity index (χ1v) is 7.09. The highest BCUT2D eigenvalue weighted by Gasteiger charge is 2.44. The van der Waals surface area contributed by atoms with E-state index < -0.39 is 23.4 Å². The van der Waals surface area contributed by atoms with Crippen molar-refractivity contribution in [2.24, 2.45) is 0 Å². The molecule has 1 aliphatic rings. The van der Waals surface area contributed by atoms with E-state index in [1.54, 1.807) is 24.3 Å². The highest BCUT2D eigenvalue weighted by atomic mass is 35.5. The van der Waals surface area contributed by atoms with E-state index >= 15 is 0 Å². The maximum absolute atomic E-state index is 14.1. The van der Waals surface area contributed by atoms with Crippen LogP contribution in [0.3, 0.4) is 0 Å². The molecule has 1 aliphatic heterocycles. The number of ether oxygens (including phenoxy) is 1. The van der Waals surface area contributed by atoms with Crippen LogP contribution in [-0.4, -0.2) is 16.9 Å². The molecule has 1 N–H and O–H groups in total. The molecule has 2 aromatic rings. The molecule has 3 rings (SSSR count). The van der Waals surface area contributed by atoms with E-state index in [-0.39, 0.29) is 16.7 Å². The third-order valence-electron chi connectivity index (χ3n) is 3.54.